The van der Waals surface area contributed by atoms with Crippen LogP contribution in [0.3, 0.4) is 0 Å². The van der Waals surface area contributed by atoms with Crippen molar-refractivity contribution < 1.29 is 37.6 Å². The smallest absolute Gasteiger partial charge is 0.462 e. The van der Waals surface area contributed by atoms with Crippen molar-refractivity contribution in [3.8, 4) is 0 Å². The van der Waals surface area contributed by atoms with Gasteiger partial charge in [0.05, 0.1) is 13.2 Å². The van der Waals surface area contributed by atoms with E-state index in [1.54, 1.807) is 0 Å². The van der Waals surface area contributed by atoms with Crippen LogP contribution in [-0.2, 0) is 32.7 Å². The monoisotopic (exact) mass is 988 g/mol. The zero-order valence-corrected chi connectivity index (χ0v) is 45.4. The van der Waals surface area contributed by atoms with Crippen LogP contribution in [0.2, 0.25) is 0 Å². The van der Waals surface area contributed by atoms with Gasteiger partial charge in [-0.15, -0.1) is 0 Å². The Bertz CT molecular complexity index is 1360. The van der Waals surface area contributed by atoms with Crippen LogP contribution >= 0.6 is 7.82 Å². The second kappa shape index (κ2) is 54.8. The summed E-state index contributed by atoms with van der Waals surface area (Å²) < 4.78 is 33.0. The van der Waals surface area contributed by atoms with Crippen molar-refractivity contribution in [3.63, 3.8) is 0 Å². The van der Waals surface area contributed by atoms with Crippen molar-refractivity contribution in [2.75, 3.05) is 26.4 Å². The number of rotatable bonds is 53. The zero-order chi connectivity index (χ0) is 50.2. The Morgan fingerprint density at radius 2 is 0.797 bits per heavy atom. The number of unbranched alkanes of at least 4 members (excludes halogenated alkanes) is 28. The fraction of sp³-hybridized carbons (Fsp3) is 0.763. The average molecular weight is 988 g/mol. The lowest BCUT2D eigenvalue weighted by Gasteiger charge is -2.19. The first-order chi connectivity index (χ1) is 33.8. The number of esters is 2. The molecule has 0 aliphatic heterocycles. The van der Waals surface area contributed by atoms with Crippen LogP contribution in [0, 0.1) is 0 Å². The quantitative estimate of drug-likeness (QED) is 0.0264. The molecule has 2 unspecified atom stereocenters. The molecule has 0 rings (SSSR count). The molecule has 0 spiro atoms. The van der Waals surface area contributed by atoms with Crippen LogP contribution < -0.4 is 5.73 Å². The van der Waals surface area contributed by atoms with E-state index < -0.39 is 26.5 Å². The third kappa shape index (κ3) is 54.6. The van der Waals surface area contributed by atoms with Crippen LogP contribution in [0.4, 0.5) is 0 Å². The first-order valence-electron chi connectivity index (χ1n) is 28.4. The van der Waals surface area contributed by atoms with Gasteiger partial charge in [-0.3, -0.25) is 18.6 Å². The molecule has 400 valence electrons. The Morgan fingerprint density at radius 1 is 0.449 bits per heavy atom. The summed E-state index contributed by atoms with van der Waals surface area (Å²) >= 11 is 0. The highest BCUT2D eigenvalue weighted by Crippen LogP contribution is 2.43. The number of phosphoric acid groups is 1. The van der Waals surface area contributed by atoms with Crippen molar-refractivity contribution in [2.45, 2.75) is 264 Å². The number of hydrogen-bond donors (Lipinski definition) is 2. The molecule has 0 aliphatic rings. The standard InChI is InChI=1S/C59H106NO8P/c1-3-5-7-9-11-13-15-17-19-21-23-25-27-28-30-32-34-36-38-40-42-44-46-48-50-52-59(62)68-57(56-67-69(63,64)66-54-53-60)55-65-58(61)51-49-47-45-43-41-39-37-35-33-31-29-26-24-22-20-18-16-14-12-10-8-6-4-2/h5,7,11,13,17,19,23,25,28,30,34,36,57H,3-4,6,8-10,12,14-16,18,20-22,24,26-27,29,31-33,35,37-56,60H2,1-2H3,(H,63,64)/b7-5-,13-11-,19-17-,25-23-,30-28-,36-34-. The van der Waals surface area contributed by atoms with Gasteiger partial charge in [0.2, 0.25) is 0 Å². The Morgan fingerprint density at radius 3 is 1.19 bits per heavy atom. The Kier molecular flexibility index (Phi) is 52.8. The summed E-state index contributed by atoms with van der Waals surface area (Å²) in [6, 6.07) is 0. The van der Waals surface area contributed by atoms with Gasteiger partial charge in [0.1, 0.15) is 6.61 Å². The van der Waals surface area contributed by atoms with E-state index in [2.05, 4.69) is 86.8 Å². The van der Waals surface area contributed by atoms with Crippen molar-refractivity contribution in [1.82, 2.24) is 0 Å². The number of carbonyl (C=O) groups excluding carboxylic acids is 2. The highest BCUT2D eigenvalue weighted by Gasteiger charge is 2.26. The van der Waals surface area contributed by atoms with E-state index in [-0.39, 0.29) is 38.6 Å². The van der Waals surface area contributed by atoms with Gasteiger partial charge >= 0.3 is 19.8 Å². The lowest BCUT2D eigenvalue weighted by molar-refractivity contribution is -0.161. The fourth-order valence-electron chi connectivity index (χ4n) is 7.93. The maximum absolute atomic E-state index is 12.7. The third-order valence-corrected chi connectivity index (χ3v) is 13.1. The molecule has 0 aliphatic carbocycles. The summed E-state index contributed by atoms with van der Waals surface area (Å²) in [5.74, 6) is -0.838. The molecule has 0 aromatic carbocycles. The van der Waals surface area contributed by atoms with Gasteiger partial charge in [-0.1, -0.05) is 254 Å². The molecule has 3 N–H and O–H groups in total. The lowest BCUT2D eigenvalue weighted by Crippen LogP contribution is -2.29. The van der Waals surface area contributed by atoms with Gasteiger partial charge in [-0.05, 0) is 64.2 Å². The van der Waals surface area contributed by atoms with Crippen LogP contribution in [0.1, 0.15) is 258 Å². The van der Waals surface area contributed by atoms with E-state index >= 15 is 0 Å². The minimum Gasteiger partial charge on any atom is -0.462 e. The second-order valence-corrected chi connectivity index (χ2v) is 20.2. The van der Waals surface area contributed by atoms with Gasteiger partial charge < -0.3 is 20.1 Å². The zero-order valence-electron chi connectivity index (χ0n) is 44.5. The molecule has 0 saturated carbocycles. The van der Waals surface area contributed by atoms with Gasteiger partial charge in [0.25, 0.3) is 0 Å². The molecule has 9 nitrogen and oxygen atoms in total. The molecular weight excluding hydrogens is 882 g/mol. The molecule has 2 atom stereocenters. The molecule has 0 bridgehead atoms. The topological polar surface area (TPSA) is 134 Å². The summed E-state index contributed by atoms with van der Waals surface area (Å²) in [5.41, 5.74) is 5.38. The maximum Gasteiger partial charge on any atom is 0.472 e. The normalized spacial score (nSPS) is 13.6. The minimum atomic E-state index is -4.39. The summed E-state index contributed by atoms with van der Waals surface area (Å²) in [7, 11) is -4.39. The number of carbonyl (C=O) groups is 2. The summed E-state index contributed by atoms with van der Waals surface area (Å²) in [5, 5.41) is 0. The third-order valence-electron chi connectivity index (χ3n) is 12.1. The maximum atomic E-state index is 12.7. The summed E-state index contributed by atoms with van der Waals surface area (Å²) in [6.45, 7) is 3.64. The number of nitrogens with two attached hydrogens (primary N) is 1. The van der Waals surface area contributed by atoms with E-state index in [1.165, 1.54) is 128 Å². The molecule has 0 radical (unpaired) electrons. The number of phosphoric ester groups is 1. The summed E-state index contributed by atoms with van der Waals surface area (Å²) in [4.78, 5) is 35.2. The number of ether oxygens (including phenoxy) is 2. The van der Waals surface area contributed by atoms with E-state index in [4.69, 9.17) is 24.3 Å². The highest BCUT2D eigenvalue weighted by atomic mass is 31.2. The van der Waals surface area contributed by atoms with Gasteiger partial charge in [-0.2, -0.15) is 0 Å². The molecule has 0 fully saturated rings. The van der Waals surface area contributed by atoms with Crippen LogP contribution in [-0.4, -0.2) is 49.3 Å². The summed E-state index contributed by atoms with van der Waals surface area (Å²) in [6.07, 6.45) is 69.5. The van der Waals surface area contributed by atoms with E-state index in [9.17, 15) is 19.0 Å². The van der Waals surface area contributed by atoms with Crippen molar-refractivity contribution in [3.05, 3.63) is 72.9 Å². The molecule has 0 saturated heterocycles. The van der Waals surface area contributed by atoms with E-state index in [1.807, 2.05) is 0 Å². The fourth-order valence-corrected chi connectivity index (χ4v) is 8.70. The van der Waals surface area contributed by atoms with Crippen molar-refractivity contribution >= 4 is 19.8 Å². The van der Waals surface area contributed by atoms with Gasteiger partial charge in [-0.25, -0.2) is 4.57 Å². The van der Waals surface area contributed by atoms with Gasteiger partial charge in [0.15, 0.2) is 6.10 Å². The molecular formula is C59H106NO8P. The largest absolute Gasteiger partial charge is 0.472 e. The van der Waals surface area contributed by atoms with Gasteiger partial charge in [0, 0.05) is 19.4 Å². The number of hydrogen-bond acceptors (Lipinski definition) is 8. The van der Waals surface area contributed by atoms with Crippen LogP contribution in [0.5, 0.6) is 0 Å². The highest BCUT2D eigenvalue weighted by molar-refractivity contribution is 7.47. The average Bonchev–Trinajstić information content (AvgIpc) is 3.34. The lowest BCUT2D eigenvalue weighted by atomic mass is 10.0. The second-order valence-electron chi connectivity index (χ2n) is 18.8. The Balaban J connectivity index is 4.03. The van der Waals surface area contributed by atoms with Crippen LogP contribution in [0.25, 0.3) is 0 Å². The number of allylic oxidation sites excluding steroid dienone is 12. The predicted octanol–water partition coefficient (Wildman–Crippen LogP) is 17.7. The van der Waals surface area contributed by atoms with Crippen molar-refractivity contribution in [2.24, 2.45) is 5.73 Å². The predicted molar refractivity (Wildman–Crippen MR) is 293 cm³/mol. The SMILES string of the molecule is CC/C=C\C/C=C\C/C=C\C/C=C\C/C=C\C/C=C\CCCCCCCCC(=O)OC(COC(=O)CCCCCCCCCCCCCCCCCCCCCCCCC)COP(=O)(O)OCCN. The molecule has 0 aromatic rings. The molecule has 10 heteroatoms. The van der Waals surface area contributed by atoms with E-state index in [0.29, 0.717) is 6.42 Å². The molecule has 0 heterocycles. The molecule has 0 aromatic heterocycles. The minimum absolute atomic E-state index is 0.0486. The first kappa shape index (κ1) is 66.5. The van der Waals surface area contributed by atoms with E-state index in [0.717, 1.165) is 96.3 Å². The van der Waals surface area contributed by atoms with Crippen LogP contribution in [0.15, 0.2) is 72.9 Å². The Hall–Kier alpha value is -2.55. The molecule has 0 amide bonds. The molecule has 69 heavy (non-hydrogen) atoms. The first-order valence-corrected chi connectivity index (χ1v) is 29.9. The van der Waals surface area contributed by atoms with Crippen molar-refractivity contribution in [1.29, 1.82) is 0 Å². The Labute approximate surface area is 424 Å².